The average molecular weight is 458 g/mol. The van der Waals surface area contributed by atoms with Gasteiger partial charge in [0.25, 0.3) is 5.91 Å². The molecule has 2 aliphatic heterocycles. The Hall–Kier alpha value is -1.19. The van der Waals surface area contributed by atoms with Gasteiger partial charge in [-0.05, 0) is 56.8 Å². The molecular formula is C21H32ClN3O4S. The van der Waals surface area contributed by atoms with Crippen molar-refractivity contribution in [2.24, 2.45) is 0 Å². The van der Waals surface area contributed by atoms with E-state index in [4.69, 9.17) is 16.3 Å². The Bertz CT molecular complexity index is 820. The number of carbonyl (C=O) groups excluding carboxylic acids is 1. The number of carbonyl (C=O) groups is 1. The lowest BCUT2D eigenvalue weighted by Gasteiger charge is -2.32. The van der Waals surface area contributed by atoms with Crippen molar-refractivity contribution in [3.8, 4) is 0 Å². The lowest BCUT2D eigenvalue weighted by molar-refractivity contribution is 0.0910. The Labute approximate surface area is 184 Å². The molecular weight excluding hydrogens is 426 g/mol. The van der Waals surface area contributed by atoms with Crippen LogP contribution in [0.15, 0.2) is 23.1 Å². The first-order valence-electron chi connectivity index (χ1n) is 10.8. The number of unbranched alkanes of at least 4 members (excludes halogenated alkanes) is 1. The van der Waals surface area contributed by atoms with Crippen molar-refractivity contribution in [2.75, 3.05) is 32.8 Å². The zero-order chi connectivity index (χ0) is 21.6. The predicted molar refractivity (Wildman–Crippen MR) is 117 cm³/mol. The maximum Gasteiger partial charge on any atom is 0.251 e. The van der Waals surface area contributed by atoms with Crippen LogP contribution in [-0.4, -0.2) is 64.2 Å². The van der Waals surface area contributed by atoms with Gasteiger partial charge in [0.05, 0.1) is 11.1 Å². The quantitative estimate of drug-likeness (QED) is 0.595. The van der Waals surface area contributed by atoms with E-state index >= 15 is 0 Å². The number of ether oxygens (including phenoxy) is 1. The van der Waals surface area contributed by atoms with Crippen molar-refractivity contribution < 1.29 is 17.9 Å². The van der Waals surface area contributed by atoms with Gasteiger partial charge in [0.15, 0.2) is 0 Å². The number of piperidine rings is 1. The van der Waals surface area contributed by atoms with E-state index < -0.39 is 10.0 Å². The molecule has 1 atom stereocenters. The molecule has 2 aliphatic rings. The molecule has 2 heterocycles. The van der Waals surface area contributed by atoms with Crippen LogP contribution in [0.5, 0.6) is 0 Å². The van der Waals surface area contributed by atoms with Crippen molar-refractivity contribution in [3.63, 3.8) is 0 Å². The summed E-state index contributed by atoms with van der Waals surface area (Å²) in [6.45, 7) is 6.09. The van der Waals surface area contributed by atoms with Crippen LogP contribution in [0.25, 0.3) is 0 Å². The van der Waals surface area contributed by atoms with E-state index in [9.17, 15) is 13.2 Å². The summed E-state index contributed by atoms with van der Waals surface area (Å²) in [6, 6.07) is 4.48. The molecule has 0 spiro atoms. The standard InChI is InChI=1S/C21H32ClN3O4S/c1-2-3-10-25-11-8-17(9-12-25)24-21(26)16-6-7-19(22)20(14-16)30(27,28)23-15-18-5-4-13-29-18/h6-7,14,17-18,23H,2-5,8-13,15H2,1H3,(H,24,26). The van der Waals surface area contributed by atoms with Crippen LogP contribution in [0.1, 0.15) is 55.8 Å². The maximum absolute atomic E-state index is 12.7. The Morgan fingerprint density at radius 3 is 2.70 bits per heavy atom. The second kappa shape index (κ2) is 10.9. The molecule has 0 aromatic heterocycles. The number of amides is 1. The molecule has 0 radical (unpaired) electrons. The van der Waals surface area contributed by atoms with Crippen LogP contribution in [0.3, 0.4) is 0 Å². The Morgan fingerprint density at radius 2 is 2.03 bits per heavy atom. The van der Waals surface area contributed by atoms with E-state index in [0.717, 1.165) is 45.3 Å². The highest BCUT2D eigenvalue weighted by Crippen LogP contribution is 2.23. The largest absolute Gasteiger partial charge is 0.377 e. The van der Waals surface area contributed by atoms with E-state index in [0.29, 0.717) is 12.2 Å². The SMILES string of the molecule is CCCCN1CCC(NC(=O)c2ccc(Cl)c(S(=O)(=O)NCC3CCCO3)c2)CC1. The number of rotatable bonds is 9. The molecule has 3 rings (SSSR count). The Morgan fingerprint density at radius 1 is 1.27 bits per heavy atom. The van der Waals surface area contributed by atoms with Crippen LogP contribution >= 0.6 is 11.6 Å². The van der Waals surface area contributed by atoms with Gasteiger partial charge in [0, 0.05) is 37.8 Å². The molecule has 30 heavy (non-hydrogen) atoms. The molecule has 1 unspecified atom stereocenters. The number of nitrogens with one attached hydrogen (secondary N) is 2. The third-order valence-electron chi connectivity index (χ3n) is 5.76. The van der Waals surface area contributed by atoms with E-state index in [-0.39, 0.29) is 34.5 Å². The number of nitrogens with zero attached hydrogens (tertiary/aromatic N) is 1. The van der Waals surface area contributed by atoms with Gasteiger partial charge in [-0.25, -0.2) is 13.1 Å². The monoisotopic (exact) mass is 457 g/mol. The van der Waals surface area contributed by atoms with E-state index in [1.807, 2.05) is 0 Å². The highest BCUT2D eigenvalue weighted by molar-refractivity contribution is 7.89. The molecule has 1 amide bonds. The number of benzene rings is 1. The first-order valence-corrected chi connectivity index (χ1v) is 12.7. The van der Waals surface area contributed by atoms with Gasteiger partial charge in [-0.15, -0.1) is 0 Å². The molecule has 0 saturated carbocycles. The number of likely N-dealkylation sites (tertiary alicyclic amines) is 1. The van der Waals surface area contributed by atoms with Crippen LogP contribution in [0, 0.1) is 0 Å². The fraction of sp³-hybridized carbons (Fsp3) is 0.667. The van der Waals surface area contributed by atoms with Crippen molar-refractivity contribution in [1.82, 2.24) is 14.9 Å². The molecule has 168 valence electrons. The summed E-state index contributed by atoms with van der Waals surface area (Å²) < 4.78 is 33.4. The van der Waals surface area contributed by atoms with Gasteiger partial charge < -0.3 is 15.0 Å². The summed E-state index contributed by atoms with van der Waals surface area (Å²) in [7, 11) is -3.83. The molecule has 2 N–H and O–H groups in total. The van der Waals surface area contributed by atoms with Gasteiger partial charge in [-0.2, -0.15) is 0 Å². The van der Waals surface area contributed by atoms with Gasteiger partial charge in [0.2, 0.25) is 10.0 Å². The van der Waals surface area contributed by atoms with E-state index in [2.05, 4.69) is 21.9 Å². The topological polar surface area (TPSA) is 87.7 Å². The van der Waals surface area contributed by atoms with Gasteiger partial charge in [-0.3, -0.25) is 4.79 Å². The highest BCUT2D eigenvalue weighted by Gasteiger charge is 2.25. The first-order chi connectivity index (χ1) is 14.4. The van der Waals surface area contributed by atoms with Gasteiger partial charge in [-0.1, -0.05) is 24.9 Å². The molecule has 9 heteroatoms. The fourth-order valence-electron chi connectivity index (χ4n) is 3.89. The highest BCUT2D eigenvalue weighted by atomic mass is 35.5. The summed E-state index contributed by atoms with van der Waals surface area (Å²) in [4.78, 5) is 15.1. The summed E-state index contributed by atoms with van der Waals surface area (Å²) in [5, 5.41) is 3.14. The molecule has 2 fully saturated rings. The zero-order valence-corrected chi connectivity index (χ0v) is 19.1. The summed E-state index contributed by atoms with van der Waals surface area (Å²) in [6.07, 6.45) is 5.82. The molecule has 1 aromatic rings. The number of hydrogen-bond donors (Lipinski definition) is 2. The summed E-state index contributed by atoms with van der Waals surface area (Å²) >= 11 is 6.14. The number of sulfonamides is 1. The zero-order valence-electron chi connectivity index (χ0n) is 17.5. The lowest BCUT2D eigenvalue weighted by Crippen LogP contribution is -2.44. The van der Waals surface area contributed by atoms with Crippen LogP contribution in [0.4, 0.5) is 0 Å². The molecule has 1 aromatic carbocycles. The maximum atomic E-state index is 12.7. The minimum Gasteiger partial charge on any atom is -0.377 e. The molecule has 0 aliphatic carbocycles. The van der Waals surface area contributed by atoms with E-state index in [1.165, 1.54) is 25.0 Å². The van der Waals surface area contributed by atoms with Crippen LogP contribution in [0.2, 0.25) is 5.02 Å². The molecule has 2 saturated heterocycles. The van der Waals surface area contributed by atoms with E-state index in [1.54, 1.807) is 6.07 Å². The minimum atomic E-state index is -3.83. The second-order valence-corrected chi connectivity index (χ2v) is 10.2. The predicted octanol–water partition coefficient (Wildman–Crippen LogP) is 2.79. The Kier molecular flexibility index (Phi) is 8.53. The molecule has 0 bridgehead atoms. The van der Waals surface area contributed by atoms with Crippen LogP contribution < -0.4 is 10.0 Å². The second-order valence-electron chi connectivity index (χ2n) is 8.08. The fourth-order valence-corrected chi connectivity index (χ4v) is 5.48. The number of halogens is 1. The number of hydrogen-bond acceptors (Lipinski definition) is 5. The average Bonchev–Trinajstić information content (AvgIpc) is 3.26. The summed E-state index contributed by atoms with van der Waals surface area (Å²) in [5.74, 6) is -0.269. The van der Waals surface area contributed by atoms with Crippen molar-refractivity contribution in [2.45, 2.75) is 62.5 Å². The first kappa shape index (κ1) is 23.5. The smallest absolute Gasteiger partial charge is 0.251 e. The third kappa shape index (κ3) is 6.40. The normalized spacial score (nSPS) is 21.1. The van der Waals surface area contributed by atoms with Crippen molar-refractivity contribution >= 4 is 27.5 Å². The Balaban J connectivity index is 1.59. The summed E-state index contributed by atoms with van der Waals surface area (Å²) in [5.41, 5.74) is 0.297. The van der Waals surface area contributed by atoms with Crippen molar-refractivity contribution in [3.05, 3.63) is 28.8 Å². The van der Waals surface area contributed by atoms with Crippen LogP contribution in [-0.2, 0) is 14.8 Å². The van der Waals surface area contributed by atoms with Gasteiger partial charge >= 0.3 is 0 Å². The third-order valence-corrected chi connectivity index (χ3v) is 7.66. The van der Waals surface area contributed by atoms with Gasteiger partial charge in [0.1, 0.15) is 4.90 Å². The minimum absolute atomic E-state index is 0.0794. The lowest BCUT2D eigenvalue weighted by atomic mass is 10.0. The van der Waals surface area contributed by atoms with Crippen molar-refractivity contribution in [1.29, 1.82) is 0 Å². The molecule has 7 nitrogen and oxygen atoms in total.